The summed E-state index contributed by atoms with van der Waals surface area (Å²) in [4.78, 5) is -0.122. The van der Waals surface area contributed by atoms with Gasteiger partial charge in [-0.25, -0.2) is 12.8 Å². The molecule has 2 aromatic carbocycles. The summed E-state index contributed by atoms with van der Waals surface area (Å²) < 4.78 is 51.7. The van der Waals surface area contributed by atoms with Crippen LogP contribution in [0.15, 0.2) is 41.3 Å². The number of halogens is 1. The fourth-order valence-corrected chi connectivity index (χ4v) is 5.34. The smallest absolute Gasteiger partial charge is 0.246 e. The highest BCUT2D eigenvalue weighted by molar-refractivity contribution is 7.89. The van der Waals surface area contributed by atoms with Crippen LogP contribution in [0.25, 0.3) is 0 Å². The number of hydrogen-bond acceptors (Lipinski definition) is 4. The van der Waals surface area contributed by atoms with Crippen molar-refractivity contribution in [2.75, 3.05) is 26.8 Å². The van der Waals surface area contributed by atoms with Gasteiger partial charge in [0, 0.05) is 19.5 Å². The van der Waals surface area contributed by atoms with Gasteiger partial charge >= 0.3 is 0 Å². The first kappa shape index (κ1) is 17.3. The normalized spacial score (nSPS) is 20.0. The summed E-state index contributed by atoms with van der Waals surface area (Å²) in [6, 6.07) is 9.64. The second-order valence-corrected chi connectivity index (χ2v) is 8.52. The van der Waals surface area contributed by atoms with Crippen molar-refractivity contribution in [2.45, 2.75) is 23.7 Å². The average Bonchev–Trinajstić information content (AvgIpc) is 3.30. The summed E-state index contributed by atoms with van der Waals surface area (Å²) in [5.41, 5.74) is 2.30. The third-order valence-corrected chi connectivity index (χ3v) is 6.97. The number of rotatable bonds is 4. The molecule has 2 aromatic rings. The highest BCUT2D eigenvalue weighted by Gasteiger charge is 2.35. The lowest BCUT2D eigenvalue weighted by atomic mass is 9.96. The molecule has 2 aliphatic rings. The Morgan fingerprint density at radius 1 is 1.23 bits per heavy atom. The van der Waals surface area contributed by atoms with E-state index in [4.69, 9.17) is 9.47 Å². The SMILES string of the molecule is COc1ccc(F)cc1S(=O)(=O)N1CCC(c2ccc3c(c2)CCO3)C1. The predicted octanol–water partition coefficient (Wildman–Crippen LogP) is 2.95. The lowest BCUT2D eigenvalue weighted by Crippen LogP contribution is -2.29. The molecule has 7 heteroatoms. The maximum atomic E-state index is 13.6. The van der Waals surface area contributed by atoms with Crippen molar-refractivity contribution in [2.24, 2.45) is 0 Å². The highest BCUT2D eigenvalue weighted by Crippen LogP contribution is 2.36. The quantitative estimate of drug-likeness (QED) is 0.822. The van der Waals surface area contributed by atoms with Crippen LogP contribution >= 0.6 is 0 Å². The Bertz CT molecular complexity index is 945. The predicted molar refractivity (Wildman–Crippen MR) is 94.7 cm³/mol. The van der Waals surface area contributed by atoms with Crippen molar-refractivity contribution in [3.8, 4) is 11.5 Å². The standard InChI is InChI=1S/C19H20FNO4S/c1-24-18-5-3-16(20)11-19(18)26(22,23)21-8-6-15(12-21)13-2-4-17-14(10-13)7-9-25-17/h2-5,10-11,15H,6-9,12H2,1H3. The van der Waals surface area contributed by atoms with Gasteiger partial charge in [0.25, 0.3) is 0 Å². The van der Waals surface area contributed by atoms with Crippen LogP contribution in [-0.4, -0.2) is 39.5 Å². The minimum Gasteiger partial charge on any atom is -0.495 e. The number of ether oxygens (including phenoxy) is 2. The number of sulfonamides is 1. The number of methoxy groups -OCH3 is 1. The zero-order valence-electron chi connectivity index (χ0n) is 14.4. The van der Waals surface area contributed by atoms with Crippen molar-refractivity contribution in [3.05, 3.63) is 53.3 Å². The molecule has 26 heavy (non-hydrogen) atoms. The van der Waals surface area contributed by atoms with E-state index in [0.29, 0.717) is 19.7 Å². The van der Waals surface area contributed by atoms with Crippen LogP contribution in [0.5, 0.6) is 11.5 Å². The second kappa shape index (κ2) is 6.55. The molecule has 2 heterocycles. The molecule has 1 saturated heterocycles. The van der Waals surface area contributed by atoms with Crippen molar-refractivity contribution in [1.82, 2.24) is 4.31 Å². The van der Waals surface area contributed by atoms with Gasteiger partial charge in [0.15, 0.2) is 0 Å². The molecular formula is C19H20FNO4S. The molecule has 4 rings (SSSR count). The van der Waals surface area contributed by atoms with Gasteiger partial charge in [0.05, 0.1) is 13.7 Å². The second-order valence-electron chi connectivity index (χ2n) is 6.61. The Morgan fingerprint density at radius 2 is 2.08 bits per heavy atom. The third-order valence-electron chi connectivity index (χ3n) is 5.08. The molecule has 0 aliphatic carbocycles. The Balaban J connectivity index is 1.59. The fourth-order valence-electron chi connectivity index (χ4n) is 3.67. The number of benzene rings is 2. The maximum Gasteiger partial charge on any atom is 0.246 e. The van der Waals surface area contributed by atoms with Gasteiger partial charge in [-0.1, -0.05) is 12.1 Å². The van der Waals surface area contributed by atoms with Gasteiger partial charge in [-0.3, -0.25) is 0 Å². The zero-order chi connectivity index (χ0) is 18.3. The average molecular weight is 377 g/mol. The topological polar surface area (TPSA) is 55.8 Å². The van der Waals surface area contributed by atoms with Crippen molar-refractivity contribution < 1.29 is 22.3 Å². The molecule has 0 saturated carbocycles. The summed E-state index contributed by atoms with van der Waals surface area (Å²) in [5, 5.41) is 0. The van der Waals surface area contributed by atoms with Crippen LogP contribution in [0.2, 0.25) is 0 Å². The van der Waals surface area contributed by atoms with E-state index in [1.807, 2.05) is 12.1 Å². The molecule has 1 unspecified atom stereocenters. The Hall–Kier alpha value is -2.12. The molecule has 0 N–H and O–H groups in total. The molecule has 138 valence electrons. The Morgan fingerprint density at radius 3 is 2.88 bits per heavy atom. The minimum atomic E-state index is -3.81. The zero-order valence-corrected chi connectivity index (χ0v) is 15.3. The number of nitrogens with zero attached hydrogens (tertiary/aromatic N) is 1. The van der Waals surface area contributed by atoms with E-state index >= 15 is 0 Å². The summed E-state index contributed by atoms with van der Waals surface area (Å²) >= 11 is 0. The summed E-state index contributed by atoms with van der Waals surface area (Å²) in [5.74, 6) is 0.597. The van der Waals surface area contributed by atoms with E-state index < -0.39 is 15.8 Å². The third kappa shape index (κ3) is 2.95. The minimum absolute atomic E-state index is 0.121. The first-order valence-electron chi connectivity index (χ1n) is 8.58. The Kier molecular flexibility index (Phi) is 4.36. The van der Waals surface area contributed by atoms with Crippen LogP contribution < -0.4 is 9.47 Å². The van der Waals surface area contributed by atoms with Gasteiger partial charge in [0.1, 0.15) is 22.2 Å². The van der Waals surface area contributed by atoms with Gasteiger partial charge < -0.3 is 9.47 Å². The monoisotopic (exact) mass is 377 g/mol. The van der Waals surface area contributed by atoms with Gasteiger partial charge in [0.2, 0.25) is 10.0 Å². The van der Waals surface area contributed by atoms with E-state index in [1.165, 1.54) is 29.1 Å². The van der Waals surface area contributed by atoms with E-state index in [9.17, 15) is 12.8 Å². The molecule has 5 nitrogen and oxygen atoms in total. The van der Waals surface area contributed by atoms with E-state index in [1.54, 1.807) is 0 Å². The number of hydrogen-bond donors (Lipinski definition) is 0. The molecule has 2 aliphatic heterocycles. The van der Waals surface area contributed by atoms with Gasteiger partial charge in [-0.05, 0) is 47.7 Å². The van der Waals surface area contributed by atoms with Crippen LogP contribution in [-0.2, 0) is 16.4 Å². The summed E-state index contributed by atoms with van der Waals surface area (Å²) in [6.07, 6.45) is 1.62. The summed E-state index contributed by atoms with van der Waals surface area (Å²) in [6.45, 7) is 1.48. The molecule has 0 radical (unpaired) electrons. The molecule has 1 fully saturated rings. The van der Waals surface area contributed by atoms with Crippen LogP contribution in [0.1, 0.15) is 23.5 Å². The first-order chi connectivity index (χ1) is 12.5. The highest BCUT2D eigenvalue weighted by atomic mass is 32.2. The van der Waals surface area contributed by atoms with Crippen molar-refractivity contribution >= 4 is 10.0 Å². The van der Waals surface area contributed by atoms with E-state index in [2.05, 4.69) is 6.07 Å². The van der Waals surface area contributed by atoms with Crippen molar-refractivity contribution in [3.63, 3.8) is 0 Å². The fraction of sp³-hybridized carbons (Fsp3) is 0.368. The lowest BCUT2D eigenvalue weighted by Gasteiger charge is -2.19. The van der Waals surface area contributed by atoms with E-state index in [-0.39, 0.29) is 16.6 Å². The largest absolute Gasteiger partial charge is 0.495 e. The van der Waals surface area contributed by atoms with Gasteiger partial charge in [-0.2, -0.15) is 4.31 Å². The van der Waals surface area contributed by atoms with Crippen LogP contribution in [0.4, 0.5) is 4.39 Å². The number of fused-ring (bicyclic) bond motifs is 1. The molecule has 1 atom stereocenters. The van der Waals surface area contributed by atoms with Crippen LogP contribution in [0, 0.1) is 5.82 Å². The lowest BCUT2D eigenvalue weighted by molar-refractivity contribution is 0.357. The summed E-state index contributed by atoms with van der Waals surface area (Å²) in [7, 11) is -2.43. The molecule has 0 aromatic heterocycles. The van der Waals surface area contributed by atoms with Crippen molar-refractivity contribution in [1.29, 1.82) is 0 Å². The Labute approximate surface area is 152 Å². The molecule has 0 amide bonds. The van der Waals surface area contributed by atoms with E-state index in [0.717, 1.165) is 30.2 Å². The maximum absolute atomic E-state index is 13.6. The first-order valence-corrected chi connectivity index (χ1v) is 10.0. The molecule has 0 bridgehead atoms. The van der Waals surface area contributed by atoms with Crippen LogP contribution in [0.3, 0.4) is 0 Å². The van der Waals surface area contributed by atoms with Gasteiger partial charge in [-0.15, -0.1) is 0 Å². The molecule has 0 spiro atoms. The molecular weight excluding hydrogens is 357 g/mol.